The molecule has 7 nitrogen and oxygen atoms in total. The fourth-order valence-corrected chi connectivity index (χ4v) is 3.13. The van der Waals surface area contributed by atoms with Gasteiger partial charge in [-0.05, 0) is 24.1 Å². The molecule has 1 N–H and O–H groups in total. The second-order valence-electron chi connectivity index (χ2n) is 6.55. The Balaban J connectivity index is 1.45. The molecular weight excluding hydrogens is 340 g/mol. The average molecular weight is 362 g/mol. The van der Waals surface area contributed by atoms with E-state index in [1.807, 2.05) is 0 Å². The zero-order valence-electron chi connectivity index (χ0n) is 15.2. The maximum Gasteiger partial charge on any atom is 0.228 e. The summed E-state index contributed by atoms with van der Waals surface area (Å²) in [5.74, 6) is 1.10. The maximum atomic E-state index is 5.96. The number of benzene rings is 1. The molecule has 1 aliphatic heterocycles. The summed E-state index contributed by atoms with van der Waals surface area (Å²) in [6.07, 6.45) is 6.68. The van der Waals surface area contributed by atoms with Gasteiger partial charge in [-0.15, -0.1) is 0 Å². The fourth-order valence-electron chi connectivity index (χ4n) is 3.13. The summed E-state index contributed by atoms with van der Waals surface area (Å²) in [6.45, 7) is 5.44. The van der Waals surface area contributed by atoms with Crippen LogP contribution in [0, 0.1) is 6.92 Å². The van der Waals surface area contributed by atoms with Crippen molar-refractivity contribution in [3.05, 3.63) is 71.9 Å². The quantitative estimate of drug-likeness (QED) is 0.748. The summed E-state index contributed by atoms with van der Waals surface area (Å²) in [5.41, 5.74) is 3.47. The van der Waals surface area contributed by atoms with Gasteiger partial charge < -0.3 is 10.1 Å². The minimum Gasteiger partial charge on any atom is -0.369 e. The fraction of sp³-hybridized carbons (Fsp3) is 0.300. The molecule has 0 spiro atoms. The molecule has 1 saturated heterocycles. The van der Waals surface area contributed by atoms with Crippen LogP contribution in [0.3, 0.4) is 0 Å². The van der Waals surface area contributed by atoms with E-state index in [9.17, 15) is 0 Å². The molecule has 27 heavy (non-hydrogen) atoms. The number of hydrogen-bond acceptors (Lipinski definition) is 7. The van der Waals surface area contributed by atoms with Crippen molar-refractivity contribution in [3.8, 4) is 0 Å². The number of anilines is 2. The predicted molar refractivity (Wildman–Crippen MR) is 102 cm³/mol. The lowest BCUT2D eigenvalue weighted by molar-refractivity contribution is -0.0351. The van der Waals surface area contributed by atoms with Gasteiger partial charge in [0.25, 0.3) is 0 Å². The predicted octanol–water partition coefficient (Wildman–Crippen LogP) is 2.89. The van der Waals surface area contributed by atoms with Gasteiger partial charge in [0.2, 0.25) is 5.95 Å². The minimum absolute atomic E-state index is 0.103. The molecule has 4 rings (SSSR count). The summed E-state index contributed by atoms with van der Waals surface area (Å²) in [4.78, 5) is 19.7. The van der Waals surface area contributed by atoms with E-state index in [1.165, 1.54) is 11.1 Å². The van der Waals surface area contributed by atoms with E-state index >= 15 is 0 Å². The molecule has 0 bridgehead atoms. The van der Waals surface area contributed by atoms with Gasteiger partial charge in [0.15, 0.2) is 5.82 Å². The van der Waals surface area contributed by atoms with Crippen molar-refractivity contribution in [1.82, 2.24) is 24.8 Å². The number of nitrogens with one attached hydrogen (secondary N) is 1. The van der Waals surface area contributed by atoms with Crippen LogP contribution in [0.25, 0.3) is 0 Å². The molecule has 3 aromatic rings. The van der Waals surface area contributed by atoms with Gasteiger partial charge in [0.05, 0.1) is 24.7 Å². The number of hydrogen-bond donors (Lipinski definition) is 1. The second-order valence-corrected chi connectivity index (χ2v) is 6.55. The van der Waals surface area contributed by atoms with Crippen molar-refractivity contribution in [2.75, 3.05) is 25.0 Å². The SMILES string of the molecule is Cc1ccccc1CN1CCO[C@@H](c2cncc(Nc3ncccn3)n2)C1. The highest BCUT2D eigenvalue weighted by atomic mass is 16.5. The molecule has 0 aliphatic carbocycles. The van der Waals surface area contributed by atoms with Crippen LogP contribution in [0.1, 0.15) is 22.9 Å². The van der Waals surface area contributed by atoms with Gasteiger partial charge in [-0.2, -0.15) is 0 Å². The van der Waals surface area contributed by atoms with Crippen molar-refractivity contribution >= 4 is 11.8 Å². The molecule has 0 saturated carbocycles. The molecule has 1 fully saturated rings. The number of nitrogens with zero attached hydrogens (tertiary/aromatic N) is 5. The zero-order valence-corrected chi connectivity index (χ0v) is 15.2. The first-order valence-corrected chi connectivity index (χ1v) is 9.02. The number of ether oxygens (including phenoxy) is 1. The van der Waals surface area contributed by atoms with Crippen LogP contribution in [0.2, 0.25) is 0 Å². The molecule has 0 amide bonds. The van der Waals surface area contributed by atoms with E-state index in [2.05, 4.69) is 61.3 Å². The van der Waals surface area contributed by atoms with Crippen LogP contribution >= 0.6 is 0 Å². The van der Waals surface area contributed by atoms with Gasteiger partial charge in [-0.1, -0.05) is 24.3 Å². The summed E-state index contributed by atoms with van der Waals surface area (Å²) < 4.78 is 5.96. The highest BCUT2D eigenvalue weighted by Crippen LogP contribution is 2.23. The normalized spacial score (nSPS) is 17.6. The summed E-state index contributed by atoms with van der Waals surface area (Å²) in [5, 5.41) is 3.08. The van der Waals surface area contributed by atoms with Crippen molar-refractivity contribution in [2.45, 2.75) is 19.6 Å². The topological polar surface area (TPSA) is 76.1 Å². The monoisotopic (exact) mass is 362 g/mol. The van der Waals surface area contributed by atoms with Crippen LogP contribution < -0.4 is 5.32 Å². The summed E-state index contributed by atoms with van der Waals surface area (Å²) >= 11 is 0. The maximum absolute atomic E-state index is 5.96. The third-order valence-corrected chi connectivity index (χ3v) is 4.59. The summed E-state index contributed by atoms with van der Waals surface area (Å²) in [6, 6.07) is 10.3. The third kappa shape index (κ3) is 4.45. The van der Waals surface area contributed by atoms with E-state index < -0.39 is 0 Å². The lowest BCUT2D eigenvalue weighted by atomic mass is 10.1. The molecule has 138 valence electrons. The van der Waals surface area contributed by atoms with Gasteiger partial charge in [-0.25, -0.2) is 15.0 Å². The molecule has 7 heteroatoms. The number of aryl methyl sites for hydroxylation is 1. The van der Waals surface area contributed by atoms with Crippen LogP contribution in [-0.2, 0) is 11.3 Å². The van der Waals surface area contributed by atoms with Crippen LogP contribution in [0.15, 0.2) is 55.1 Å². The van der Waals surface area contributed by atoms with Gasteiger partial charge in [0.1, 0.15) is 6.10 Å². The van der Waals surface area contributed by atoms with E-state index in [-0.39, 0.29) is 6.10 Å². The van der Waals surface area contributed by atoms with Crippen LogP contribution in [-0.4, -0.2) is 44.5 Å². The van der Waals surface area contributed by atoms with Gasteiger partial charge in [-0.3, -0.25) is 9.88 Å². The van der Waals surface area contributed by atoms with Crippen LogP contribution in [0.4, 0.5) is 11.8 Å². The standard InChI is InChI=1S/C20H22N6O/c1-15-5-2-3-6-16(15)13-26-9-10-27-18(14-26)17-11-21-12-19(24-17)25-20-22-7-4-8-23-20/h2-8,11-12,18H,9-10,13-14H2,1H3,(H,22,23,24,25)/t18-/m1/s1. The lowest BCUT2D eigenvalue weighted by Gasteiger charge is -2.32. The molecule has 1 aromatic carbocycles. The third-order valence-electron chi connectivity index (χ3n) is 4.59. The molecule has 0 unspecified atom stereocenters. The smallest absolute Gasteiger partial charge is 0.228 e. The van der Waals surface area contributed by atoms with Gasteiger partial charge >= 0.3 is 0 Å². The Kier molecular flexibility index (Phi) is 5.32. The Morgan fingerprint density at radius 1 is 1.15 bits per heavy atom. The molecule has 1 atom stereocenters. The van der Waals surface area contributed by atoms with Gasteiger partial charge in [0, 0.05) is 32.0 Å². The van der Waals surface area contributed by atoms with E-state index in [0.717, 1.165) is 25.3 Å². The van der Waals surface area contributed by atoms with Crippen molar-refractivity contribution in [2.24, 2.45) is 0 Å². The Hall–Kier alpha value is -2.90. The first-order valence-electron chi connectivity index (χ1n) is 9.02. The number of rotatable bonds is 5. The molecule has 2 aromatic heterocycles. The van der Waals surface area contributed by atoms with Crippen LogP contribution in [0.5, 0.6) is 0 Å². The first-order chi connectivity index (χ1) is 13.3. The Morgan fingerprint density at radius 3 is 2.85 bits per heavy atom. The Bertz CT molecular complexity index is 888. The van der Waals surface area contributed by atoms with Crippen molar-refractivity contribution in [1.29, 1.82) is 0 Å². The first kappa shape index (κ1) is 17.5. The molecule has 0 radical (unpaired) electrons. The highest BCUT2D eigenvalue weighted by molar-refractivity contribution is 5.45. The molecular formula is C20H22N6O. The van der Waals surface area contributed by atoms with Crippen molar-refractivity contribution < 1.29 is 4.74 Å². The average Bonchev–Trinajstić information content (AvgIpc) is 2.71. The number of morpholine rings is 1. The number of aromatic nitrogens is 4. The second kappa shape index (κ2) is 8.20. The largest absolute Gasteiger partial charge is 0.369 e. The van der Waals surface area contributed by atoms with E-state index in [4.69, 9.17) is 4.74 Å². The van der Waals surface area contributed by atoms with E-state index in [0.29, 0.717) is 18.4 Å². The van der Waals surface area contributed by atoms with E-state index in [1.54, 1.807) is 30.9 Å². The zero-order chi connectivity index (χ0) is 18.5. The highest BCUT2D eigenvalue weighted by Gasteiger charge is 2.24. The molecule has 3 heterocycles. The molecule has 1 aliphatic rings. The lowest BCUT2D eigenvalue weighted by Crippen LogP contribution is -2.38. The minimum atomic E-state index is -0.103. The van der Waals surface area contributed by atoms with Crippen molar-refractivity contribution in [3.63, 3.8) is 0 Å². The summed E-state index contributed by atoms with van der Waals surface area (Å²) in [7, 11) is 0. The Labute approximate surface area is 158 Å². The Morgan fingerprint density at radius 2 is 2.00 bits per heavy atom.